The molecule has 1 aromatic carbocycles. The van der Waals surface area contributed by atoms with Crippen molar-refractivity contribution in [3.05, 3.63) is 47.4 Å². The van der Waals surface area contributed by atoms with Crippen molar-refractivity contribution in [1.82, 2.24) is 19.7 Å². The number of H-pyrrole nitrogens is 1. The van der Waals surface area contributed by atoms with E-state index in [9.17, 15) is 14.7 Å². The fourth-order valence-electron chi connectivity index (χ4n) is 3.55. The third-order valence-electron chi connectivity index (χ3n) is 5.24. The molecule has 1 atom stereocenters. The van der Waals surface area contributed by atoms with E-state index in [1.165, 1.54) is 0 Å². The van der Waals surface area contributed by atoms with E-state index in [0.29, 0.717) is 12.2 Å². The van der Waals surface area contributed by atoms with Crippen LogP contribution in [0.3, 0.4) is 0 Å². The molecular formula is C21H27N5O3. The zero-order valence-corrected chi connectivity index (χ0v) is 17.2. The molecule has 0 aliphatic carbocycles. The Labute approximate surface area is 169 Å². The second-order valence-corrected chi connectivity index (χ2v) is 7.54. The zero-order chi connectivity index (χ0) is 21.1. The number of fused-ring (bicyclic) bond motifs is 1. The number of carbonyl (C=O) groups excluding carboxylic acids is 1. The van der Waals surface area contributed by atoms with Crippen LogP contribution in [-0.4, -0.2) is 50.2 Å². The van der Waals surface area contributed by atoms with Gasteiger partial charge >= 0.3 is 5.97 Å². The first kappa shape index (κ1) is 20.6. The van der Waals surface area contributed by atoms with E-state index in [1.54, 1.807) is 0 Å². The van der Waals surface area contributed by atoms with Gasteiger partial charge in [-0.05, 0) is 44.5 Å². The Hall–Kier alpha value is -3.13. The fourth-order valence-corrected chi connectivity index (χ4v) is 3.55. The number of aromatic nitrogens is 3. The average Bonchev–Trinajstić information content (AvgIpc) is 3.20. The molecule has 0 fully saturated rings. The van der Waals surface area contributed by atoms with Crippen LogP contribution in [0.5, 0.6) is 0 Å². The Kier molecular flexibility index (Phi) is 6.03. The number of carboxylic acids is 1. The number of aryl methyl sites for hydroxylation is 2. The highest BCUT2D eigenvalue weighted by Gasteiger charge is 2.24. The molecule has 3 aromatic rings. The number of hydrogen-bond donors (Lipinski definition) is 3. The molecule has 2 heterocycles. The number of aliphatic carboxylic acids is 1. The number of benzene rings is 1. The molecule has 8 heteroatoms. The fraction of sp³-hybridized carbons (Fsp3) is 0.381. The summed E-state index contributed by atoms with van der Waals surface area (Å²) in [6.45, 7) is 4.79. The summed E-state index contributed by atoms with van der Waals surface area (Å²) in [4.78, 5) is 29.2. The first-order valence-electron chi connectivity index (χ1n) is 9.52. The third-order valence-corrected chi connectivity index (χ3v) is 5.24. The van der Waals surface area contributed by atoms with Crippen LogP contribution in [-0.2, 0) is 23.2 Å². The number of hydrogen-bond acceptors (Lipinski definition) is 4. The van der Waals surface area contributed by atoms with Crippen LogP contribution in [0.25, 0.3) is 10.9 Å². The van der Waals surface area contributed by atoms with Crippen LogP contribution >= 0.6 is 0 Å². The van der Waals surface area contributed by atoms with Gasteiger partial charge in [-0.2, -0.15) is 5.10 Å². The molecule has 3 N–H and O–H groups in total. The Balaban J connectivity index is 1.61. The summed E-state index contributed by atoms with van der Waals surface area (Å²) < 4.78 is 1.82. The highest BCUT2D eigenvalue weighted by Crippen LogP contribution is 2.19. The monoisotopic (exact) mass is 397 g/mol. The lowest BCUT2D eigenvalue weighted by atomic mass is 10.0. The molecule has 0 bridgehead atoms. The summed E-state index contributed by atoms with van der Waals surface area (Å²) in [5, 5.41) is 17.8. The number of rotatable bonds is 8. The van der Waals surface area contributed by atoms with Gasteiger partial charge in [0.15, 0.2) is 0 Å². The molecule has 154 valence electrons. The maximum Gasteiger partial charge on any atom is 0.308 e. The standard InChI is InChI=1S/C21H27N5O3/c1-13-18(14(2)26(4)24-13)12-25(3)11-16(21(28)29)9-20(27)23-17-6-5-15-7-8-22-19(15)10-17/h5-8,10,16,22H,9,11-12H2,1-4H3,(H,23,27)(H,28,29)/t16-/m0/s1. The van der Waals surface area contributed by atoms with Crippen molar-refractivity contribution in [2.24, 2.45) is 13.0 Å². The molecule has 0 aliphatic heterocycles. The van der Waals surface area contributed by atoms with Crippen molar-refractivity contribution in [3.63, 3.8) is 0 Å². The molecule has 0 saturated carbocycles. The quantitative estimate of drug-likeness (QED) is 0.542. The summed E-state index contributed by atoms with van der Waals surface area (Å²) in [5.41, 5.74) is 4.63. The van der Waals surface area contributed by atoms with Gasteiger partial charge in [-0.3, -0.25) is 14.3 Å². The van der Waals surface area contributed by atoms with Crippen molar-refractivity contribution in [2.45, 2.75) is 26.8 Å². The third kappa shape index (κ3) is 4.83. The van der Waals surface area contributed by atoms with Gasteiger partial charge in [-0.1, -0.05) is 6.07 Å². The van der Waals surface area contributed by atoms with Gasteiger partial charge in [0, 0.05) is 55.2 Å². The Morgan fingerprint density at radius 3 is 2.72 bits per heavy atom. The number of nitrogens with one attached hydrogen (secondary N) is 2. The lowest BCUT2D eigenvalue weighted by Crippen LogP contribution is -2.33. The molecule has 0 radical (unpaired) electrons. The molecule has 1 amide bonds. The summed E-state index contributed by atoms with van der Waals surface area (Å²) in [7, 11) is 3.75. The maximum atomic E-state index is 12.4. The highest BCUT2D eigenvalue weighted by molar-refractivity contribution is 5.95. The summed E-state index contributed by atoms with van der Waals surface area (Å²) in [6.07, 6.45) is 1.74. The minimum absolute atomic E-state index is 0.0898. The molecule has 8 nitrogen and oxygen atoms in total. The number of amides is 1. The van der Waals surface area contributed by atoms with Crippen LogP contribution in [0, 0.1) is 19.8 Å². The van der Waals surface area contributed by atoms with Crippen molar-refractivity contribution >= 4 is 28.5 Å². The van der Waals surface area contributed by atoms with Gasteiger partial charge in [0.1, 0.15) is 0 Å². The lowest BCUT2D eigenvalue weighted by Gasteiger charge is -2.21. The molecule has 0 spiro atoms. The molecule has 2 aromatic heterocycles. The molecule has 0 unspecified atom stereocenters. The second kappa shape index (κ2) is 8.48. The van der Waals surface area contributed by atoms with Gasteiger partial charge in [-0.15, -0.1) is 0 Å². The first-order valence-corrected chi connectivity index (χ1v) is 9.52. The Morgan fingerprint density at radius 2 is 2.07 bits per heavy atom. The SMILES string of the molecule is Cc1nn(C)c(C)c1CN(C)C[C@H](CC(=O)Nc1ccc2cc[nH]c2c1)C(=O)O. The number of aromatic amines is 1. The van der Waals surface area contributed by atoms with E-state index < -0.39 is 11.9 Å². The average molecular weight is 397 g/mol. The topological polar surface area (TPSA) is 103 Å². The van der Waals surface area contributed by atoms with Crippen molar-refractivity contribution < 1.29 is 14.7 Å². The van der Waals surface area contributed by atoms with Crippen molar-refractivity contribution in [2.75, 3.05) is 18.9 Å². The van der Waals surface area contributed by atoms with Crippen LogP contribution in [0.4, 0.5) is 5.69 Å². The molecule has 3 rings (SSSR count). The van der Waals surface area contributed by atoms with Crippen LogP contribution in [0.15, 0.2) is 30.5 Å². The first-order chi connectivity index (χ1) is 13.7. The summed E-state index contributed by atoms with van der Waals surface area (Å²) >= 11 is 0. The van der Waals surface area contributed by atoms with Crippen molar-refractivity contribution in [1.29, 1.82) is 0 Å². The van der Waals surface area contributed by atoms with Crippen LogP contribution < -0.4 is 5.32 Å². The smallest absolute Gasteiger partial charge is 0.308 e. The summed E-state index contributed by atoms with van der Waals surface area (Å²) in [6, 6.07) is 7.50. The Morgan fingerprint density at radius 1 is 1.31 bits per heavy atom. The predicted molar refractivity (Wildman–Crippen MR) is 112 cm³/mol. The minimum atomic E-state index is -0.980. The van der Waals surface area contributed by atoms with Gasteiger partial charge in [0.2, 0.25) is 5.91 Å². The molecule has 0 aliphatic rings. The van der Waals surface area contributed by atoms with E-state index in [-0.39, 0.29) is 18.9 Å². The van der Waals surface area contributed by atoms with Gasteiger partial charge < -0.3 is 20.3 Å². The number of carboxylic acid groups (broad SMARTS) is 1. The van der Waals surface area contributed by atoms with E-state index in [2.05, 4.69) is 15.4 Å². The zero-order valence-electron chi connectivity index (χ0n) is 17.2. The van der Waals surface area contributed by atoms with Gasteiger partial charge in [0.05, 0.1) is 11.6 Å². The number of anilines is 1. The van der Waals surface area contributed by atoms with E-state index in [1.807, 2.05) is 68.0 Å². The Bertz CT molecular complexity index is 1040. The summed E-state index contributed by atoms with van der Waals surface area (Å²) in [5.74, 6) is -2.09. The van der Waals surface area contributed by atoms with Gasteiger partial charge in [0.25, 0.3) is 0 Å². The van der Waals surface area contributed by atoms with E-state index in [0.717, 1.165) is 27.9 Å². The predicted octanol–water partition coefficient (Wildman–Crippen LogP) is 2.68. The van der Waals surface area contributed by atoms with E-state index in [4.69, 9.17) is 0 Å². The minimum Gasteiger partial charge on any atom is -0.481 e. The lowest BCUT2D eigenvalue weighted by molar-refractivity contribution is -0.144. The van der Waals surface area contributed by atoms with Gasteiger partial charge in [-0.25, -0.2) is 0 Å². The maximum absolute atomic E-state index is 12.4. The number of nitrogens with zero attached hydrogens (tertiary/aromatic N) is 3. The molecular weight excluding hydrogens is 370 g/mol. The van der Waals surface area contributed by atoms with Crippen LogP contribution in [0.1, 0.15) is 23.4 Å². The largest absolute Gasteiger partial charge is 0.481 e. The number of carbonyl (C=O) groups is 2. The van der Waals surface area contributed by atoms with E-state index >= 15 is 0 Å². The van der Waals surface area contributed by atoms with Crippen LogP contribution in [0.2, 0.25) is 0 Å². The second-order valence-electron chi connectivity index (χ2n) is 7.54. The molecule has 0 saturated heterocycles. The normalized spacial score (nSPS) is 12.4. The molecule has 29 heavy (non-hydrogen) atoms. The van der Waals surface area contributed by atoms with Crippen molar-refractivity contribution in [3.8, 4) is 0 Å². The highest BCUT2D eigenvalue weighted by atomic mass is 16.4.